The number of ether oxygens (including phenoxy) is 2. The summed E-state index contributed by atoms with van der Waals surface area (Å²) < 4.78 is 11.9. The lowest BCUT2D eigenvalue weighted by molar-refractivity contribution is -0.123. The predicted molar refractivity (Wildman–Crippen MR) is 115 cm³/mol. The summed E-state index contributed by atoms with van der Waals surface area (Å²) in [4.78, 5) is 26.6. The molecule has 1 aliphatic rings. The summed E-state index contributed by atoms with van der Waals surface area (Å²) in [6.07, 6.45) is 1.71. The van der Waals surface area contributed by atoms with Gasteiger partial charge in [0, 0.05) is 3.57 Å². The number of methoxy groups -OCH3 is 1. The fourth-order valence-corrected chi connectivity index (χ4v) is 3.81. The van der Waals surface area contributed by atoms with Crippen LogP contribution in [0.1, 0.15) is 18.1 Å². The van der Waals surface area contributed by atoms with Gasteiger partial charge in [-0.05, 0) is 82.7 Å². The Labute approximate surface area is 175 Å². The number of hydrogen-bond acceptors (Lipinski definition) is 5. The summed E-state index contributed by atoms with van der Waals surface area (Å²) in [5.41, 5.74) is 1.69. The van der Waals surface area contributed by atoms with Crippen molar-refractivity contribution < 1.29 is 19.1 Å². The lowest BCUT2D eigenvalue weighted by atomic mass is 10.1. The summed E-state index contributed by atoms with van der Waals surface area (Å²) in [5, 5.41) is -0.261. The highest BCUT2D eigenvalue weighted by Crippen LogP contribution is 2.35. The number of carbonyl (C=O) groups is 2. The molecule has 1 fully saturated rings. The van der Waals surface area contributed by atoms with E-state index in [1.807, 2.05) is 37.3 Å². The van der Waals surface area contributed by atoms with Crippen molar-refractivity contribution in [3.05, 3.63) is 62.1 Å². The van der Waals surface area contributed by atoms with E-state index >= 15 is 0 Å². The molecule has 1 saturated heterocycles. The smallest absolute Gasteiger partial charge is 0.293 e. The second-order valence-corrected chi connectivity index (χ2v) is 7.98. The molecular weight excluding hydrogens is 477 g/mol. The van der Waals surface area contributed by atoms with Crippen molar-refractivity contribution in [1.82, 2.24) is 4.90 Å². The zero-order valence-corrected chi connectivity index (χ0v) is 17.9. The highest BCUT2D eigenvalue weighted by atomic mass is 127. The molecule has 0 aromatic heterocycles. The summed E-state index contributed by atoms with van der Waals surface area (Å²) in [7, 11) is 1.57. The molecule has 1 aliphatic heterocycles. The summed E-state index contributed by atoms with van der Waals surface area (Å²) in [6, 6.07) is 13.2. The highest BCUT2D eigenvalue weighted by molar-refractivity contribution is 14.1. The molecule has 0 atom stereocenters. The van der Waals surface area contributed by atoms with E-state index in [9.17, 15) is 9.59 Å². The second-order valence-electron chi connectivity index (χ2n) is 5.74. The van der Waals surface area contributed by atoms with Crippen LogP contribution in [0.5, 0.6) is 11.5 Å². The van der Waals surface area contributed by atoms with Crippen LogP contribution in [0.15, 0.2) is 47.4 Å². The van der Waals surface area contributed by atoms with Crippen molar-refractivity contribution in [2.45, 2.75) is 13.5 Å². The Balaban J connectivity index is 1.80. The van der Waals surface area contributed by atoms with Crippen molar-refractivity contribution in [2.75, 3.05) is 13.7 Å². The van der Waals surface area contributed by atoms with Gasteiger partial charge < -0.3 is 9.47 Å². The Kier molecular flexibility index (Phi) is 6.43. The van der Waals surface area contributed by atoms with Crippen molar-refractivity contribution in [3.8, 4) is 11.5 Å². The van der Waals surface area contributed by atoms with Crippen LogP contribution in [-0.4, -0.2) is 29.8 Å². The maximum absolute atomic E-state index is 12.7. The van der Waals surface area contributed by atoms with Crippen LogP contribution < -0.4 is 9.47 Å². The molecule has 0 bridgehead atoms. The van der Waals surface area contributed by atoms with Gasteiger partial charge in [0.2, 0.25) is 0 Å². The average molecular weight is 495 g/mol. The van der Waals surface area contributed by atoms with Crippen molar-refractivity contribution in [2.24, 2.45) is 0 Å². The van der Waals surface area contributed by atoms with Gasteiger partial charge in [-0.1, -0.05) is 18.2 Å². The van der Waals surface area contributed by atoms with E-state index in [1.165, 1.54) is 4.90 Å². The van der Waals surface area contributed by atoms with Gasteiger partial charge in [-0.25, -0.2) is 0 Å². The van der Waals surface area contributed by atoms with E-state index in [0.717, 1.165) is 26.5 Å². The van der Waals surface area contributed by atoms with Gasteiger partial charge in [0.05, 0.1) is 25.2 Å². The van der Waals surface area contributed by atoms with Gasteiger partial charge in [-0.15, -0.1) is 0 Å². The van der Waals surface area contributed by atoms with Crippen molar-refractivity contribution >= 4 is 51.6 Å². The highest BCUT2D eigenvalue weighted by Gasteiger charge is 2.35. The molecule has 2 amide bonds. The number of nitrogens with zero attached hydrogens (tertiary/aromatic N) is 1. The van der Waals surface area contributed by atoms with E-state index in [4.69, 9.17) is 9.47 Å². The van der Waals surface area contributed by atoms with E-state index in [-0.39, 0.29) is 17.7 Å². The number of halogens is 1. The summed E-state index contributed by atoms with van der Waals surface area (Å²) in [5.74, 6) is 0.948. The van der Waals surface area contributed by atoms with Crippen LogP contribution in [0.4, 0.5) is 4.79 Å². The molecule has 0 aliphatic carbocycles. The lowest BCUT2D eigenvalue weighted by Crippen LogP contribution is -2.27. The Morgan fingerprint density at radius 3 is 2.52 bits per heavy atom. The predicted octanol–water partition coefficient (Wildman–Crippen LogP) is 4.94. The van der Waals surface area contributed by atoms with Gasteiger partial charge in [-0.3, -0.25) is 14.5 Å². The van der Waals surface area contributed by atoms with E-state index in [2.05, 4.69) is 22.6 Å². The molecule has 0 N–H and O–H groups in total. The minimum atomic E-state index is -0.281. The molecule has 0 unspecified atom stereocenters. The van der Waals surface area contributed by atoms with Crippen molar-refractivity contribution in [1.29, 1.82) is 0 Å². The number of rotatable bonds is 6. The van der Waals surface area contributed by atoms with Gasteiger partial charge in [0.15, 0.2) is 11.5 Å². The van der Waals surface area contributed by atoms with Crippen LogP contribution in [0, 0.1) is 3.57 Å². The molecule has 1 heterocycles. The number of amides is 2. The third-order valence-corrected chi connectivity index (χ3v) is 5.54. The molecule has 0 radical (unpaired) electrons. The molecule has 27 heavy (non-hydrogen) atoms. The zero-order chi connectivity index (χ0) is 19.4. The minimum absolute atomic E-state index is 0.261. The maximum atomic E-state index is 12.7. The number of hydrogen-bond donors (Lipinski definition) is 0. The zero-order valence-electron chi connectivity index (χ0n) is 14.9. The fraction of sp³-hybridized carbons (Fsp3) is 0.200. The maximum Gasteiger partial charge on any atom is 0.293 e. The third kappa shape index (κ3) is 4.65. The molecule has 3 rings (SSSR count). The molecule has 140 valence electrons. The summed E-state index contributed by atoms with van der Waals surface area (Å²) >= 11 is 3.17. The lowest BCUT2D eigenvalue weighted by Gasteiger charge is -2.12. The van der Waals surface area contributed by atoms with Crippen LogP contribution in [0.25, 0.3) is 6.08 Å². The standard InChI is InChI=1S/C20H18INO4S/c1-3-26-16-9-6-14(10-17(16)25-2)11-18-19(23)22(20(24)27-18)12-13-4-7-15(21)8-5-13/h4-11H,3,12H2,1-2H3/b18-11-. The van der Waals surface area contributed by atoms with Gasteiger partial charge in [0.25, 0.3) is 11.1 Å². The molecule has 2 aromatic rings. The summed E-state index contributed by atoms with van der Waals surface area (Å²) in [6.45, 7) is 2.70. The van der Waals surface area contributed by atoms with Gasteiger partial charge in [-0.2, -0.15) is 0 Å². The van der Waals surface area contributed by atoms with Crippen molar-refractivity contribution in [3.63, 3.8) is 0 Å². The van der Waals surface area contributed by atoms with Crippen LogP contribution >= 0.6 is 34.4 Å². The average Bonchev–Trinajstić information content (AvgIpc) is 2.92. The first-order chi connectivity index (χ1) is 13.0. The Morgan fingerprint density at radius 2 is 1.85 bits per heavy atom. The van der Waals surface area contributed by atoms with Gasteiger partial charge >= 0.3 is 0 Å². The third-order valence-electron chi connectivity index (χ3n) is 3.91. The van der Waals surface area contributed by atoms with Crippen LogP contribution in [0.3, 0.4) is 0 Å². The monoisotopic (exact) mass is 495 g/mol. The second kappa shape index (κ2) is 8.79. The molecule has 0 saturated carbocycles. The number of carbonyl (C=O) groups excluding carboxylic acids is 2. The van der Waals surface area contributed by atoms with E-state index < -0.39 is 0 Å². The van der Waals surface area contributed by atoms with E-state index in [1.54, 1.807) is 25.3 Å². The molecule has 0 spiro atoms. The SMILES string of the molecule is CCOc1ccc(/C=C2\SC(=O)N(Cc3ccc(I)cc3)C2=O)cc1OC. The quantitative estimate of drug-likeness (QED) is 0.420. The first kappa shape index (κ1) is 19.8. The Hall–Kier alpha value is -2.00. The molecule has 2 aromatic carbocycles. The number of imide groups is 1. The first-order valence-electron chi connectivity index (χ1n) is 8.32. The van der Waals surface area contributed by atoms with Crippen LogP contribution in [0.2, 0.25) is 0 Å². The Morgan fingerprint density at radius 1 is 1.11 bits per heavy atom. The fourth-order valence-electron chi connectivity index (χ4n) is 2.61. The number of benzene rings is 2. The normalized spacial score (nSPS) is 15.5. The first-order valence-corrected chi connectivity index (χ1v) is 10.2. The Bertz CT molecular complexity index is 895. The minimum Gasteiger partial charge on any atom is -0.493 e. The molecular formula is C20H18INO4S. The van der Waals surface area contributed by atoms with Gasteiger partial charge in [0.1, 0.15) is 0 Å². The largest absolute Gasteiger partial charge is 0.493 e. The number of thioether (sulfide) groups is 1. The van der Waals surface area contributed by atoms with E-state index in [0.29, 0.717) is 23.0 Å². The van der Waals surface area contributed by atoms with Crippen LogP contribution in [-0.2, 0) is 11.3 Å². The topological polar surface area (TPSA) is 55.8 Å². The molecule has 5 nitrogen and oxygen atoms in total. The molecule has 7 heteroatoms.